The quantitative estimate of drug-likeness (QED) is 0.444. The van der Waals surface area contributed by atoms with Crippen molar-refractivity contribution in [3.05, 3.63) is 48.0 Å². The molecule has 1 rings (SSSR count). The van der Waals surface area contributed by atoms with Crippen LogP contribution in [0, 0.1) is 0 Å². The molecule has 0 aliphatic carbocycles. The molecule has 0 aliphatic heterocycles. The highest BCUT2D eigenvalue weighted by atomic mass is 16.5. The molecule has 0 spiro atoms. The van der Waals surface area contributed by atoms with E-state index in [-0.39, 0.29) is 12.4 Å². The largest absolute Gasteiger partial charge is 0.480 e. The summed E-state index contributed by atoms with van der Waals surface area (Å²) in [6, 6.07) is 8.94. The minimum absolute atomic E-state index is 0.0659. The van der Waals surface area contributed by atoms with Crippen molar-refractivity contribution in [3.8, 4) is 0 Å². The summed E-state index contributed by atoms with van der Waals surface area (Å²) in [7, 11) is 0. The number of carbonyl (C=O) groups is 2. The minimum Gasteiger partial charge on any atom is -0.480 e. The first-order valence-electron chi connectivity index (χ1n) is 5.25. The molecule has 17 heavy (non-hydrogen) atoms. The molecular weight excluding hydrogens is 220 g/mol. The number of hydrogen-bond acceptors (Lipinski definition) is 3. The number of ether oxygens (including phenoxy) is 1. The lowest BCUT2D eigenvalue weighted by molar-refractivity contribution is -0.142. The fraction of sp³-hybridized carbons (Fsp3) is 0.231. The van der Waals surface area contributed by atoms with Gasteiger partial charge in [-0.05, 0) is 12.5 Å². The number of aliphatic carboxylic acids is 1. The molecule has 4 nitrogen and oxygen atoms in total. The Labute approximate surface area is 99.5 Å². The standard InChI is InChI=1S/C13H14O4/c14-12(11-6-2-1-3-7-11)8-4-5-9-17-10-13(15)16/h1-4,6-8H,5,9-10H2,(H,15,16)/b8-4+. The van der Waals surface area contributed by atoms with E-state index >= 15 is 0 Å². The first-order valence-corrected chi connectivity index (χ1v) is 5.25. The number of carbonyl (C=O) groups excluding carboxylic acids is 1. The number of carboxylic acid groups (broad SMARTS) is 1. The van der Waals surface area contributed by atoms with Gasteiger partial charge < -0.3 is 9.84 Å². The van der Waals surface area contributed by atoms with Crippen LogP contribution in [0.4, 0.5) is 0 Å². The molecule has 0 saturated carbocycles. The minimum atomic E-state index is -0.991. The Morgan fingerprint density at radius 2 is 1.94 bits per heavy atom. The average Bonchev–Trinajstić information content (AvgIpc) is 2.34. The molecule has 0 fully saturated rings. The highest BCUT2D eigenvalue weighted by molar-refractivity contribution is 6.04. The molecule has 0 unspecified atom stereocenters. The molecule has 0 heterocycles. The number of carboxylic acids is 1. The number of allylic oxidation sites excluding steroid dienone is 1. The molecule has 0 amide bonds. The monoisotopic (exact) mass is 234 g/mol. The van der Waals surface area contributed by atoms with Gasteiger partial charge in [-0.2, -0.15) is 0 Å². The SMILES string of the molecule is O=C(O)COCC/C=C/C(=O)c1ccccc1. The van der Waals surface area contributed by atoms with Crippen molar-refractivity contribution in [1.82, 2.24) is 0 Å². The smallest absolute Gasteiger partial charge is 0.329 e. The van der Waals surface area contributed by atoms with Crippen molar-refractivity contribution in [2.45, 2.75) is 6.42 Å². The summed E-state index contributed by atoms with van der Waals surface area (Å²) in [4.78, 5) is 21.7. The zero-order valence-electron chi connectivity index (χ0n) is 9.33. The maximum atomic E-state index is 11.6. The van der Waals surface area contributed by atoms with Gasteiger partial charge in [0.2, 0.25) is 0 Å². The molecule has 0 atom stereocenters. The predicted octanol–water partition coefficient (Wildman–Crippen LogP) is 1.92. The van der Waals surface area contributed by atoms with Crippen LogP contribution >= 0.6 is 0 Å². The van der Waals surface area contributed by atoms with Crippen molar-refractivity contribution in [3.63, 3.8) is 0 Å². The first-order chi connectivity index (χ1) is 8.20. The lowest BCUT2D eigenvalue weighted by Crippen LogP contribution is -2.07. The van der Waals surface area contributed by atoms with Crippen LogP contribution in [0.5, 0.6) is 0 Å². The molecule has 0 bridgehead atoms. The molecular formula is C13H14O4. The summed E-state index contributed by atoms with van der Waals surface area (Å²) in [6.07, 6.45) is 3.67. The number of hydrogen-bond donors (Lipinski definition) is 1. The predicted molar refractivity (Wildman–Crippen MR) is 63.0 cm³/mol. The lowest BCUT2D eigenvalue weighted by atomic mass is 10.1. The Morgan fingerprint density at radius 3 is 2.59 bits per heavy atom. The van der Waals surface area contributed by atoms with Gasteiger partial charge in [0.05, 0.1) is 6.61 Å². The normalized spacial score (nSPS) is 10.6. The van der Waals surface area contributed by atoms with Crippen LogP contribution < -0.4 is 0 Å². The van der Waals surface area contributed by atoms with Crippen LogP contribution in [0.3, 0.4) is 0 Å². The summed E-state index contributed by atoms with van der Waals surface area (Å²) in [6.45, 7) is -0.00859. The van der Waals surface area contributed by atoms with Gasteiger partial charge in [0, 0.05) is 5.56 Å². The van der Waals surface area contributed by atoms with Crippen molar-refractivity contribution < 1.29 is 19.4 Å². The van der Waals surface area contributed by atoms with E-state index in [0.29, 0.717) is 18.6 Å². The molecule has 1 aromatic carbocycles. The van der Waals surface area contributed by atoms with Gasteiger partial charge in [0.15, 0.2) is 5.78 Å². The summed E-state index contributed by atoms with van der Waals surface area (Å²) in [5, 5.41) is 8.31. The fourth-order valence-corrected chi connectivity index (χ4v) is 1.20. The van der Waals surface area contributed by atoms with Gasteiger partial charge in [-0.25, -0.2) is 4.79 Å². The third-order valence-electron chi connectivity index (χ3n) is 1.98. The second kappa shape index (κ2) is 7.35. The van der Waals surface area contributed by atoms with Gasteiger partial charge in [-0.15, -0.1) is 0 Å². The Morgan fingerprint density at radius 1 is 1.24 bits per heavy atom. The van der Waals surface area contributed by atoms with Gasteiger partial charge in [0.25, 0.3) is 0 Å². The second-order valence-corrected chi connectivity index (χ2v) is 3.37. The molecule has 1 N–H and O–H groups in total. The average molecular weight is 234 g/mol. The van der Waals surface area contributed by atoms with Gasteiger partial charge in [0.1, 0.15) is 6.61 Å². The zero-order valence-corrected chi connectivity index (χ0v) is 9.33. The van der Waals surface area contributed by atoms with E-state index in [1.54, 1.807) is 30.3 Å². The number of rotatable bonds is 7. The molecule has 0 aliphatic rings. The van der Waals surface area contributed by atoms with E-state index in [9.17, 15) is 9.59 Å². The van der Waals surface area contributed by atoms with Gasteiger partial charge >= 0.3 is 5.97 Å². The third kappa shape index (κ3) is 5.63. The zero-order chi connectivity index (χ0) is 12.5. The Balaban J connectivity index is 2.25. The topological polar surface area (TPSA) is 63.6 Å². The van der Waals surface area contributed by atoms with Crippen molar-refractivity contribution in [2.24, 2.45) is 0 Å². The van der Waals surface area contributed by atoms with Crippen LogP contribution in [0.25, 0.3) is 0 Å². The first kappa shape index (κ1) is 13.1. The number of ketones is 1. The molecule has 90 valence electrons. The fourth-order valence-electron chi connectivity index (χ4n) is 1.20. The van der Waals surface area contributed by atoms with E-state index in [4.69, 9.17) is 9.84 Å². The van der Waals surface area contributed by atoms with Crippen LogP contribution in [-0.2, 0) is 9.53 Å². The third-order valence-corrected chi connectivity index (χ3v) is 1.98. The highest BCUT2D eigenvalue weighted by Crippen LogP contribution is 2.01. The molecule has 0 aromatic heterocycles. The van der Waals surface area contributed by atoms with Gasteiger partial charge in [-0.3, -0.25) is 4.79 Å². The van der Waals surface area contributed by atoms with Crippen molar-refractivity contribution in [1.29, 1.82) is 0 Å². The molecule has 4 heteroatoms. The summed E-state index contributed by atoms with van der Waals surface area (Å²) in [5.41, 5.74) is 0.634. The Hall–Kier alpha value is -1.94. The molecule has 0 radical (unpaired) electrons. The summed E-state index contributed by atoms with van der Waals surface area (Å²) >= 11 is 0. The van der Waals surface area contributed by atoms with E-state index in [0.717, 1.165) is 0 Å². The van der Waals surface area contributed by atoms with Crippen LogP contribution in [-0.4, -0.2) is 30.1 Å². The van der Waals surface area contributed by atoms with Crippen molar-refractivity contribution >= 4 is 11.8 Å². The van der Waals surface area contributed by atoms with Crippen LogP contribution in [0.1, 0.15) is 16.8 Å². The lowest BCUT2D eigenvalue weighted by Gasteiger charge is -1.97. The summed E-state index contributed by atoms with van der Waals surface area (Å²) < 4.78 is 4.82. The maximum Gasteiger partial charge on any atom is 0.329 e. The van der Waals surface area contributed by atoms with E-state index in [2.05, 4.69) is 0 Å². The molecule has 1 aromatic rings. The molecule has 0 saturated heterocycles. The maximum absolute atomic E-state index is 11.6. The van der Waals surface area contributed by atoms with E-state index in [1.807, 2.05) is 6.07 Å². The second-order valence-electron chi connectivity index (χ2n) is 3.37. The van der Waals surface area contributed by atoms with E-state index in [1.165, 1.54) is 6.08 Å². The highest BCUT2D eigenvalue weighted by Gasteiger charge is 1.99. The van der Waals surface area contributed by atoms with Crippen molar-refractivity contribution in [2.75, 3.05) is 13.2 Å². The Kier molecular flexibility index (Phi) is 5.68. The van der Waals surface area contributed by atoms with E-state index < -0.39 is 5.97 Å². The summed E-state index contributed by atoms with van der Waals surface area (Å²) in [5.74, 6) is -1.06. The number of benzene rings is 1. The van der Waals surface area contributed by atoms with Crippen LogP contribution in [0.2, 0.25) is 0 Å². The Bertz CT molecular complexity index is 395. The van der Waals surface area contributed by atoms with Gasteiger partial charge in [-0.1, -0.05) is 36.4 Å². The van der Waals surface area contributed by atoms with Crippen LogP contribution in [0.15, 0.2) is 42.5 Å².